The van der Waals surface area contributed by atoms with Crippen molar-refractivity contribution in [2.75, 3.05) is 12.4 Å². The molecular formula is C16H16ClNO2S. The largest absolute Gasteiger partial charge is 0.497 e. The lowest BCUT2D eigenvalue weighted by molar-refractivity contribution is -0.115. The van der Waals surface area contributed by atoms with E-state index in [-0.39, 0.29) is 11.2 Å². The van der Waals surface area contributed by atoms with Crippen LogP contribution in [0.2, 0.25) is 5.02 Å². The molecule has 1 atom stereocenters. The monoisotopic (exact) mass is 321 g/mol. The zero-order valence-corrected chi connectivity index (χ0v) is 13.4. The van der Waals surface area contributed by atoms with Gasteiger partial charge < -0.3 is 10.1 Å². The number of carbonyl (C=O) groups excluding carboxylic acids is 1. The average molecular weight is 322 g/mol. The van der Waals surface area contributed by atoms with Gasteiger partial charge in [-0.15, -0.1) is 11.8 Å². The van der Waals surface area contributed by atoms with Gasteiger partial charge in [0.1, 0.15) is 5.75 Å². The first kappa shape index (κ1) is 15.7. The molecule has 5 heteroatoms. The summed E-state index contributed by atoms with van der Waals surface area (Å²) in [6.45, 7) is 1.86. The molecule has 110 valence electrons. The standard InChI is InChI=1S/C16H16ClNO2S/c1-11(21-13-9-7-12(20-2)8-10-13)16(19)18-15-6-4-3-5-14(15)17/h3-11H,1-2H3,(H,18,19)/t11-/m0/s1. The molecular weight excluding hydrogens is 306 g/mol. The van der Waals surface area contributed by atoms with Crippen molar-refractivity contribution in [2.24, 2.45) is 0 Å². The smallest absolute Gasteiger partial charge is 0.237 e. The van der Waals surface area contributed by atoms with Gasteiger partial charge in [-0.25, -0.2) is 0 Å². The third-order valence-corrected chi connectivity index (χ3v) is 4.31. The van der Waals surface area contributed by atoms with Gasteiger partial charge in [0.15, 0.2) is 0 Å². The van der Waals surface area contributed by atoms with E-state index in [0.29, 0.717) is 10.7 Å². The number of para-hydroxylation sites is 1. The number of methoxy groups -OCH3 is 1. The minimum atomic E-state index is -0.227. The molecule has 2 aromatic rings. The predicted octanol–water partition coefficient (Wildman–Crippen LogP) is 4.47. The van der Waals surface area contributed by atoms with Gasteiger partial charge in [0.2, 0.25) is 5.91 Å². The maximum Gasteiger partial charge on any atom is 0.237 e. The molecule has 0 aliphatic rings. The van der Waals surface area contributed by atoms with Crippen molar-refractivity contribution in [3.8, 4) is 5.75 Å². The van der Waals surface area contributed by atoms with E-state index in [0.717, 1.165) is 10.6 Å². The zero-order valence-electron chi connectivity index (χ0n) is 11.8. The highest BCUT2D eigenvalue weighted by Gasteiger charge is 2.15. The van der Waals surface area contributed by atoms with Gasteiger partial charge in [-0.3, -0.25) is 4.79 Å². The molecule has 0 fully saturated rings. The lowest BCUT2D eigenvalue weighted by atomic mass is 10.3. The molecule has 2 aromatic carbocycles. The van der Waals surface area contributed by atoms with Gasteiger partial charge >= 0.3 is 0 Å². The fraction of sp³-hybridized carbons (Fsp3) is 0.188. The Hall–Kier alpha value is -1.65. The first-order valence-corrected chi connectivity index (χ1v) is 7.72. The first-order valence-electron chi connectivity index (χ1n) is 6.46. The van der Waals surface area contributed by atoms with Crippen molar-refractivity contribution in [3.05, 3.63) is 53.6 Å². The van der Waals surface area contributed by atoms with Crippen LogP contribution in [0.1, 0.15) is 6.92 Å². The summed E-state index contributed by atoms with van der Waals surface area (Å²) in [4.78, 5) is 13.2. The number of nitrogens with one attached hydrogen (secondary N) is 1. The van der Waals surface area contributed by atoms with Crippen LogP contribution in [0.25, 0.3) is 0 Å². The van der Waals surface area contributed by atoms with Crippen LogP contribution in [-0.2, 0) is 4.79 Å². The summed E-state index contributed by atoms with van der Waals surface area (Å²) in [5, 5.41) is 3.14. The molecule has 0 aromatic heterocycles. The van der Waals surface area contributed by atoms with Crippen LogP contribution >= 0.6 is 23.4 Å². The van der Waals surface area contributed by atoms with Crippen LogP contribution in [0.5, 0.6) is 5.75 Å². The first-order chi connectivity index (χ1) is 10.1. The van der Waals surface area contributed by atoms with Crippen molar-refractivity contribution in [1.82, 2.24) is 0 Å². The van der Waals surface area contributed by atoms with Crippen molar-refractivity contribution < 1.29 is 9.53 Å². The molecule has 0 aliphatic carbocycles. The number of rotatable bonds is 5. The van der Waals surface area contributed by atoms with E-state index in [2.05, 4.69) is 5.32 Å². The van der Waals surface area contributed by atoms with Crippen LogP contribution < -0.4 is 10.1 Å². The Labute approximate surface area is 133 Å². The van der Waals surface area contributed by atoms with E-state index in [1.807, 2.05) is 43.3 Å². The second-order valence-electron chi connectivity index (χ2n) is 4.40. The fourth-order valence-corrected chi connectivity index (χ4v) is 2.76. The Kier molecular flexibility index (Phi) is 5.53. The summed E-state index contributed by atoms with van der Waals surface area (Å²) in [5.41, 5.74) is 0.631. The fourth-order valence-electron chi connectivity index (χ4n) is 1.71. The molecule has 0 spiro atoms. The second kappa shape index (κ2) is 7.38. The van der Waals surface area contributed by atoms with E-state index in [9.17, 15) is 4.79 Å². The van der Waals surface area contributed by atoms with Gasteiger partial charge in [0, 0.05) is 4.90 Å². The summed E-state index contributed by atoms with van der Waals surface area (Å²) in [6, 6.07) is 14.8. The predicted molar refractivity (Wildman–Crippen MR) is 88.4 cm³/mol. The van der Waals surface area contributed by atoms with Gasteiger partial charge in [0.25, 0.3) is 0 Å². The maximum atomic E-state index is 12.2. The zero-order chi connectivity index (χ0) is 15.2. The molecule has 21 heavy (non-hydrogen) atoms. The normalized spacial score (nSPS) is 11.8. The van der Waals surface area contributed by atoms with Crippen molar-refractivity contribution in [2.45, 2.75) is 17.1 Å². The number of anilines is 1. The minimum absolute atomic E-state index is 0.0797. The average Bonchev–Trinajstić information content (AvgIpc) is 2.50. The van der Waals surface area contributed by atoms with Gasteiger partial charge in [-0.1, -0.05) is 23.7 Å². The van der Waals surface area contributed by atoms with Crippen molar-refractivity contribution in [1.29, 1.82) is 0 Å². The van der Waals surface area contributed by atoms with Crippen LogP contribution in [0, 0.1) is 0 Å². The number of hydrogen-bond donors (Lipinski definition) is 1. The molecule has 0 bridgehead atoms. The van der Waals surface area contributed by atoms with Gasteiger partial charge in [-0.05, 0) is 43.3 Å². The number of carbonyl (C=O) groups is 1. The Bertz CT molecular complexity index is 616. The Morgan fingerprint density at radius 1 is 1.19 bits per heavy atom. The maximum absolute atomic E-state index is 12.2. The van der Waals surface area contributed by atoms with Crippen molar-refractivity contribution in [3.63, 3.8) is 0 Å². The van der Waals surface area contributed by atoms with E-state index in [1.54, 1.807) is 19.2 Å². The molecule has 1 amide bonds. The highest BCUT2D eigenvalue weighted by Crippen LogP contribution is 2.27. The molecule has 2 rings (SSSR count). The van der Waals surface area contributed by atoms with Crippen LogP contribution in [0.4, 0.5) is 5.69 Å². The number of ether oxygens (including phenoxy) is 1. The summed E-state index contributed by atoms with van der Waals surface area (Å²) >= 11 is 7.52. The van der Waals surface area contributed by atoms with Crippen molar-refractivity contribution >= 4 is 35.0 Å². The number of thioether (sulfide) groups is 1. The third kappa shape index (κ3) is 4.41. The Balaban J connectivity index is 1.97. The Morgan fingerprint density at radius 3 is 2.48 bits per heavy atom. The van der Waals surface area contributed by atoms with Gasteiger partial charge in [-0.2, -0.15) is 0 Å². The summed E-state index contributed by atoms with van der Waals surface area (Å²) < 4.78 is 5.11. The van der Waals surface area contributed by atoms with E-state index in [4.69, 9.17) is 16.3 Å². The second-order valence-corrected chi connectivity index (χ2v) is 6.23. The summed E-state index contributed by atoms with van der Waals surface area (Å²) in [7, 11) is 1.63. The number of amides is 1. The lowest BCUT2D eigenvalue weighted by Crippen LogP contribution is -2.22. The molecule has 0 saturated heterocycles. The van der Waals surface area contributed by atoms with Gasteiger partial charge in [0.05, 0.1) is 23.1 Å². The summed E-state index contributed by atoms with van der Waals surface area (Å²) in [5.74, 6) is 0.719. The quantitative estimate of drug-likeness (QED) is 0.826. The Morgan fingerprint density at radius 2 is 1.86 bits per heavy atom. The van der Waals surface area contributed by atoms with Crippen LogP contribution in [0.3, 0.4) is 0 Å². The summed E-state index contributed by atoms with van der Waals surface area (Å²) in [6.07, 6.45) is 0. The number of benzene rings is 2. The molecule has 0 saturated carbocycles. The SMILES string of the molecule is COc1ccc(S[C@@H](C)C(=O)Nc2ccccc2Cl)cc1. The van der Waals surface area contributed by atoms with E-state index < -0.39 is 0 Å². The van der Waals surface area contributed by atoms with E-state index in [1.165, 1.54) is 11.8 Å². The molecule has 0 unspecified atom stereocenters. The third-order valence-electron chi connectivity index (χ3n) is 2.87. The minimum Gasteiger partial charge on any atom is -0.497 e. The molecule has 3 nitrogen and oxygen atoms in total. The number of halogens is 1. The van der Waals surface area contributed by atoms with E-state index >= 15 is 0 Å². The lowest BCUT2D eigenvalue weighted by Gasteiger charge is -2.13. The molecule has 0 heterocycles. The van der Waals surface area contributed by atoms with Crippen LogP contribution in [-0.4, -0.2) is 18.3 Å². The number of hydrogen-bond acceptors (Lipinski definition) is 3. The molecule has 0 aliphatic heterocycles. The van der Waals surface area contributed by atoms with Crippen LogP contribution in [0.15, 0.2) is 53.4 Å². The molecule has 0 radical (unpaired) electrons. The highest BCUT2D eigenvalue weighted by molar-refractivity contribution is 8.00. The molecule has 1 N–H and O–H groups in total. The highest BCUT2D eigenvalue weighted by atomic mass is 35.5. The topological polar surface area (TPSA) is 38.3 Å².